The van der Waals surface area contributed by atoms with Crippen molar-refractivity contribution in [2.75, 3.05) is 0 Å². The van der Waals surface area contributed by atoms with E-state index in [9.17, 15) is 0 Å². The van der Waals surface area contributed by atoms with Gasteiger partial charge in [0.15, 0.2) is 0 Å². The molecule has 0 radical (unpaired) electrons. The summed E-state index contributed by atoms with van der Waals surface area (Å²) in [5.74, 6) is 1.10. The van der Waals surface area contributed by atoms with Crippen molar-refractivity contribution in [1.29, 1.82) is 0 Å². The predicted octanol–water partition coefficient (Wildman–Crippen LogP) is 2.28. The molecule has 0 amide bonds. The van der Waals surface area contributed by atoms with E-state index in [2.05, 4.69) is 32.1 Å². The number of nitrogens with zero attached hydrogens (tertiary/aromatic N) is 7. The number of nitrogens with two attached hydrogens (primary N) is 1. The Bertz CT molecular complexity index is 1180. The third kappa shape index (κ3) is 3.00. The highest BCUT2D eigenvalue weighted by atomic mass is 16.5. The molecular weight excluding hydrogens is 368 g/mol. The fourth-order valence-corrected chi connectivity index (χ4v) is 3.40. The average molecular weight is 388 g/mol. The molecule has 4 aromatic rings. The van der Waals surface area contributed by atoms with Gasteiger partial charge in [-0.05, 0) is 24.5 Å². The summed E-state index contributed by atoms with van der Waals surface area (Å²) in [5, 5.41) is 16.7. The molecule has 9 heteroatoms. The van der Waals surface area contributed by atoms with Gasteiger partial charge in [-0.1, -0.05) is 41.2 Å². The monoisotopic (exact) mass is 388 g/mol. The molecule has 1 fully saturated rings. The van der Waals surface area contributed by atoms with Gasteiger partial charge >= 0.3 is 0 Å². The Morgan fingerprint density at radius 2 is 2.03 bits per heavy atom. The molecule has 0 unspecified atom stereocenters. The van der Waals surface area contributed by atoms with Gasteiger partial charge in [0.1, 0.15) is 5.69 Å². The van der Waals surface area contributed by atoms with E-state index in [4.69, 9.17) is 10.3 Å². The van der Waals surface area contributed by atoms with Crippen molar-refractivity contribution in [2.45, 2.75) is 24.8 Å². The Hall–Kier alpha value is -3.75. The van der Waals surface area contributed by atoms with Crippen LogP contribution in [0.3, 0.4) is 0 Å². The topological polar surface area (TPSA) is 113 Å². The first kappa shape index (κ1) is 17.4. The maximum atomic E-state index is 5.91. The number of allylic oxidation sites excluding steroid dienone is 1. The zero-order valence-electron chi connectivity index (χ0n) is 16.0. The highest BCUT2D eigenvalue weighted by Crippen LogP contribution is 2.51. The van der Waals surface area contributed by atoms with Crippen LogP contribution >= 0.6 is 0 Å². The van der Waals surface area contributed by atoms with Crippen LogP contribution in [0.15, 0.2) is 59.5 Å². The molecule has 2 N–H and O–H groups in total. The molecule has 0 saturated heterocycles. The van der Waals surface area contributed by atoms with Crippen LogP contribution in [0.2, 0.25) is 0 Å². The Labute approximate surface area is 166 Å². The SMILES string of the molecule is C=C(N)C1(c2nc(-c3ccc(Cn4cc(-c5ccnn5C)nn4)cc3)no2)CC1. The van der Waals surface area contributed by atoms with E-state index < -0.39 is 0 Å². The van der Waals surface area contributed by atoms with E-state index in [1.807, 2.05) is 43.6 Å². The van der Waals surface area contributed by atoms with Crippen LogP contribution in [0.5, 0.6) is 0 Å². The molecule has 9 nitrogen and oxygen atoms in total. The maximum Gasteiger partial charge on any atom is 0.239 e. The molecular formula is C20H20N8O. The van der Waals surface area contributed by atoms with Crippen LogP contribution in [-0.2, 0) is 19.0 Å². The third-order valence-corrected chi connectivity index (χ3v) is 5.38. The zero-order valence-corrected chi connectivity index (χ0v) is 16.0. The lowest BCUT2D eigenvalue weighted by Gasteiger charge is -2.07. The Balaban J connectivity index is 1.31. The van der Waals surface area contributed by atoms with Crippen molar-refractivity contribution in [3.63, 3.8) is 0 Å². The molecule has 1 aromatic carbocycles. The number of benzene rings is 1. The van der Waals surface area contributed by atoms with Gasteiger partial charge in [0, 0.05) is 24.5 Å². The van der Waals surface area contributed by atoms with Crippen molar-refractivity contribution in [3.8, 4) is 22.8 Å². The Morgan fingerprint density at radius 1 is 1.24 bits per heavy atom. The second-order valence-corrected chi connectivity index (χ2v) is 7.37. The number of aryl methyl sites for hydroxylation is 1. The van der Waals surface area contributed by atoms with Gasteiger partial charge in [-0.3, -0.25) is 4.68 Å². The predicted molar refractivity (Wildman–Crippen MR) is 105 cm³/mol. The first-order valence-electron chi connectivity index (χ1n) is 9.32. The first-order chi connectivity index (χ1) is 14.0. The van der Waals surface area contributed by atoms with Crippen LogP contribution in [0.25, 0.3) is 22.8 Å². The summed E-state index contributed by atoms with van der Waals surface area (Å²) in [6.45, 7) is 4.46. The fourth-order valence-electron chi connectivity index (χ4n) is 3.40. The van der Waals surface area contributed by atoms with Gasteiger partial charge in [-0.25, -0.2) is 4.68 Å². The quantitative estimate of drug-likeness (QED) is 0.539. The highest BCUT2D eigenvalue weighted by Gasteiger charge is 2.51. The smallest absolute Gasteiger partial charge is 0.239 e. The minimum Gasteiger partial charge on any atom is -0.402 e. The minimum absolute atomic E-state index is 0.330. The van der Waals surface area contributed by atoms with Crippen molar-refractivity contribution < 1.29 is 4.52 Å². The lowest BCUT2D eigenvalue weighted by atomic mass is 10.0. The van der Waals surface area contributed by atoms with Gasteiger partial charge in [0.05, 0.1) is 23.9 Å². The largest absolute Gasteiger partial charge is 0.402 e. The van der Waals surface area contributed by atoms with E-state index in [0.717, 1.165) is 35.4 Å². The van der Waals surface area contributed by atoms with Gasteiger partial charge in [0.2, 0.25) is 11.7 Å². The fraction of sp³-hybridized carbons (Fsp3) is 0.250. The molecule has 3 heterocycles. The summed E-state index contributed by atoms with van der Waals surface area (Å²) in [4.78, 5) is 4.54. The summed E-state index contributed by atoms with van der Waals surface area (Å²) in [6, 6.07) is 9.89. The van der Waals surface area contributed by atoms with E-state index in [1.165, 1.54) is 0 Å². The van der Waals surface area contributed by atoms with E-state index >= 15 is 0 Å². The van der Waals surface area contributed by atoms with Crippen molar-refractivity contribution in [3.05, 3.63) is 66.5 Å². The molecule has 0 bridgehead atoms. The normalized spacial score (nSPS) is 14.8. The van der Waals surface area contributed by atoms with Crippen molar-refractivity contribution in [1.82, 2.24) is 34.9 Å². The van der Waals surface area contributed by atoms with Crippen LogP contribution in [0.1, 0.15) is 24.3 Å². The third-order valence-electron chi connectivity index (χ3n) is 5.38. The number of rotatable bonds is 6. The maximum absolute atomic E-state index is 5.91. The van der Waals surface area contributed by atoms with E-state index in [-0.39, 0.29) is 5.41 Å². The van der Waals surface area contributed by atoms with Crippen LogP contribution in [-0.4, -0.2) is 34.9 Å². The van der Waals surface area contributed by atoms with Gasteiger partial charge in [-0.15, -0.1) is 5.10 Å². The van der Waals surface area contributed by atoms with Crippen LogP contribution in [0.4, 0.5) is 0 Å². The van der Waals surface area contributed by atoms with Gasteiger partial charge in [-0.2, -0.15) is 10.1 Å². The molecule has 0 atom stereocenters. The molecule has 3 aromatic heterocycles. The van der Waals surface area contributed by atoms with Gasteiger partial charge in [0.25, 0.3) is 0 Å². The Morgan fingerprint density at radius 3 is 2.69 bits per heavy atom. The van der Waals surface area contributed by atoms with Crippen LogP contribution in [0, 0.1) is 0 Å². The standard InChI is InChI=1S/C20H20N8O/c1-13(21)20(8-9-20)19-23-18(25-29-19)15-5-3-14(4-6-15)11-28-12-16(24-26-28)17-7-10-22-27(17)2/h3-7,10,12H,1,8-9,11,21H2,2H3. The lowest BCUT2D eigenvalue weighted by molar-refractivity contribution is 0.358. The first-order valence-corrected chi connectivity index (χ1v) is 9.32. The lowest BCUT2D eigenvalue weighted by Crippen LogP contribution is -2.16. The summed E-state index contributed by atoms with van der Waals surface area (Å²) >= 11 is 0. The number of aromatic nitrogens is 7. The number of hydrogen-bond acceptors (Lipinski definition) is 7. The second kappa shape index (κ2) is 6.40. The average Bonchev–Trinajstić information content (AvgIpc) is 3.05. The summed E-state index contributed by atoms with van der Waals surface area (Å²) < 4.78 is 9.02. The van der Waals surface area contributed by atoms with E-state index in [0.29, 0.717) is 24.0 Å². The molecule has 29 heavy (non-hydrogen) atoms. The highest BCUT2D eigenvalue weighted by molar-refractivity contribution is 5.55. The van der Waals surface area contributed by atoms with Crippen molar-refractivity contribution in [2.24, 2.45) is 12.8 Å². The molecule has 1 saturated carbocycles. The molecule has 0 spiro atoms. The summed E-state index contributed by atoms with van der Waals surface area (Å²) in [6.07, 6.45) is 5.46. The second-order valence-electron chi connectivity index (χ2n) is 7.37. The summed E-state index contributed by atoms with van der Waals surface area (Å²) in [7, 11) is 1.88. The van der Waals surface area contributed by atoms with E-state index in [1.54, 1.807) is 15.6 Å². The van der Waals surface area contributed by atoms with Crippen molar-refractivity contribution >= 4 is 0 Å². The molecule has 0 aliphatic heterocycles. The molecule has 5 rings (SSSR count). The van der Waals surface area contributed by atoms with Crippen LogP contribution < -0.4 is 5.73 Å². The Kier molecular flexibility index (Phi) is 3.83. The molecule has 146 valence electrons. The molecule has 1 aliphatic rings. The summed E-state index contributed by atoms with van der Waals surface area (Å²) in [5.41, 5.74) is 9.85. The number of hydrogen-bond donors (Lipinski definition) is 1. The van der Waals surface area contributed by atoms with Gasteiger partial charge < -0.3 is 10.3 Å². The zero-order chi connectivity index (χ0) is 20.0. The molecule has 1 aliphatic carbocycles. The minimum atomic E-state index is -0.330.